The van der Waals surface area contributed by atoms with E-state index in [1.807, 2.05) is 0 Å². The molecule has 29 heavy (non-hydrogen) atoms. The zero-order valence-corrected chi connectivity index (χ0v) is 18.0. The van der Waals surface area contributed by atoms with Crippen molar-refractivity contribution < 1.29 is 21.5 Å². The summed E-state index contributed by atoms with van der Waals surface area (Å²) >= 11 is 0. The first-order valence-electron chi connectivity index (χ1n) is 9.77. The zero-order chi connectivity index (χ0) is 18.9. The number of aromatic nitrogens is 2. The monoisotopic (exact) mass is 442 g/mol. The molecule has 0 aliphatic rings. The molecule has 0 N–H and O–H groups in total. The quantitative estimate of drug-likeness (QED) is 0.378. The fraction of sp³-hybridized carbons (Fsp3) is 0.115. The molecule has 0 fully saturated rings. The number of hydrogen-bond donors (Lipinski definition) is 0. The molecule has 2 nitrogen and oxygen atoms in total. The van der Waals surface area contributed by atoms with Crippen molar-refractivity contribution in [2.45, 2.75) is 20.0 Å². The molecule has 0 saturated heterocycles. The molecule has 0 aliphatic carbocycles. The molecule has 1 aromatic heterocycles. The van der Waals surface area contributed by atoms with Crippen LogP contribution in [-0.2, 0) is 13.1 Å². The minimum atomic E-state index is 0. The molecular weight excluding hydrogens is 420 g/mol. The second-order valence-corrected chi connectivity index (χ2v) is 7.46. The van der Waals surface area contributed by atoms with Crippen molar-refractivity contribution in [3.8, 4) is 0 Å². The van der Waals surface area contributed by atoms with Crippen LogP contribution in [0.5, 0.6) is 0 Å². The van der Waals surface area contributed by atoms with Gasteiger partial charge in [0.15, 0.2) is 0 Å². The highest BCUT2D eigenvalue weighted by atomic mass is 79.9. The van der Waals surface area contributed by atoms with Crippen molar-refractivity contribution in [3.63, 3.8) is 0 Å². The van der Waals surface area contributed by atoms with Gasteiger partial charge in [-0.25, -0.2) is 9.13 Å². The Balaban J connectivity index is 0.00000205. The van der Waals surface area contributed by atoms with Gasteiger partial charge in [0.1, 0.15) is 25.5 Å². The summed E-state index contributed by atoms with van der Waals surface area (Å²) < 4.78 is 4.65. The minimum absolute atomic E-state index is 0. The molecule has 0 radical (unpaired) electrons. The van der Waals surface area contributed by atoms with Crippen LogP contribution in [0.4, 0.5) is 0 Å². The average Bonchev–Trinajstić information content (AvgIpc) is 3.07. The number of rotatable bonds is 4. The highest BCUT2D eigenvalue weighted by Gasteiger charge is 2.13. The minimum Gasteiger partial charge on any atom is -1.00 e. The first-order valence-corrected chi connectivity index (χ1v) is 9.77. The van der Waals surface area contributed by atoms with Crippen LogP contribution in [0.25, 0.3) is 21.5 Å². The van der Waals surface area contributed by atoms with Gasteiger partial charge in [0.05, 0.1) is 0 Å². The van der Waals surface area contributed by atoms with Gasteiger partial charge in [0.2, 0.25) is 0 Å². The van der Waals surface area contributed by atoms with E-state index in [0.29, 0.717) is 0 Å². The van der Waals surface area contributed by atoms with E-state index in [9.17, 15) is 0 Å². The maximum atomic E-state index is 2.32. The van der Waals surface area contributed by atoms with Gasteiger partial charge < -0.3 is 17.0 Å². The lowest BCUT2D eigenvalue weighted by atomic mass is 10.1. The van der Waals surface area contributed by atoms with E-state index in [-0.39, 0.29) is 17.0 Å². The van der Waals surface area contributed by atoms with E-state index in [1.54, 1.807) is 0 Å². The summed E-state index contributed by atoms with van der Waals surface area (Å²) in [5, 5.41) is 5.19. The fourth-order valence-electron chi connectivity index (χ4n) is 3.94. The maximum absolute atomic E-state index is 2.32. The zero-order valence-electron chi connectivity index (χ0n) is 16.4. The van der Waals surface area contributed by atoms with Crippen molar-refractivity contribution in [1.29, 1.82) is 0 Å². The summed E-state index contributed by atoms with van der Waals surface area (Å²) in [6, 6.07) is 30.6. The molecule has 0 spiro atoms. The Hall–Kier alpha value is -2.91. The van der Waals surface area contributed by atoms with Gasteiger partial charge in [-0.15, -0.1) is 0 Å². The Morgan fingerprint density at radius 2 is 1.24 bits per heavy atom. The predicted octanol–water partition coefficient (Wildman–Crippen LogP) is 2.49. The molecule has 0 atom stereocenters. The summed E-state index contributed by atoms with van der Waals surface area (Å²) in [6.45, 7) is 3.98. The lowest BCUT2D eigenvalue weighted by molar-refractivity contribution is -0.693. The van der Waals surface area contributed by atoms with Gasteiger partial charge >= 0.3 is 0 Å². The van der Waals surface area contributed by atoms with E-state index < -0.39 is 0 Å². The third-order valence-electron chi connectivity index (χ3n) is 5.59. The molecule has 0 unspecified atom stereocenters. The largest absolute Gasteiger partial charge is 1.00 e. The van der Waals surface area contributed by atoms with Crippen LogP contribution < -0.4 is 21.5 Å². The molecule has 5 rings (SSSR count). The van der Waals surface area contributed by atoms with Crippen molar-refractivity contribution in [2.24, 2.45) is 0 Å². The van der Waals surface area contributed by atoms with Gasteiger partial charge in [-0.3, -0.25) is 0 Å². The van der Waals surface area contributed by atoms with Crippen molar-refractivity contribution in [3.05, 3.63) is 114 Å². The molecule has 1 heterocycles. The number of hydrogen-bond acceptors (Lipinski definition) is 0. The molecule has 4 aromatic carbocycles. The van der Waals surface area contributed by atoms with E-state index in [1.165, 1.54) is 38.5 Å². The summed E-state index contributed by atoms with van der Waals surface area (Å²) in [5.74, 6) is 1.27. The van der Waals surface area contributed by atoms with Crippen LogP contribution >= 0.6 is 0 Å². The predicted molar refractivity (Wildman–Crippen MR) is 115 cm³/mol. The van der Waals surface area contributed by atoms with Crippen LogP contribution in [0.3, 0.4) is 0 Å². The van der Waals surface area contributed by atoms with E-state index >= 15 is 0 Å². The molecule has 5 aromatic rings. The standard InChI is InChI=1S/C26H23N2.BrH/c1-20-27(18-21-10-12-23-6-2-4-8-25(23)16-21)14-15-28(20)19-22-11-13-24-7-3-5-9-26(24)17-22;/h2-17H,18-19H2,1H3;1H/q+1;/p-1. The number of halogens is 1. The van der Waals surface area contributed by atoms with E-state index in [0.717, 1.165) is 13.1 Å². The SMILES string of the molecule is Cc1n(Cc2ccc3ccccc3c2)cc[n+]1Cc1ccc2ccccc2c1.[Br-]. The molecular formula is C26H23BrN2. The Morgan fingerprint density at radius 1 is 0.690 bits per heavy atom. The molecule has 0 saturated carbocycles. The van der Waals surface area contributed by atoms with E-state index in [4.69, 9.17) is 0 Å². The number of nitrogens with zero attached hydrogens (tertiary/aromatic N) is 2. The Bertz CT molecular complexity index is 1190. The number of imidazole rings is 1. The van der Waals surface area contributed by atoms with Gasteiger partial charge in [-0.05, 0) is 44.8 Å². The van der Waals surface area contributed by atoms with Crippen molar-refractivity contribution >= 4 is 21.5 Å². The van der Waals surface area contributed by atoms with E-state index in [2.05, 4.69) is 113 Å². The lowest BCUT2D eigenvalue weighted by Crippen LogP contribution is -3.00. The van der Waals surface area contributed by atoms with Crippen molar-refractivity contribution in [2.75, 3.05) is 0 Å². The van der Waals surface area contributed by atoms with Crippen LogP contribution in [0.1, 0.15) is 17.0 Å². The molecule has 3 heteroatoms. The lowest BCUT2D eigenvalue weighted by Gasteiger charge is -2.05. The molecule has 0 bridgehead atoms. The maximum Gasteiger partial charge on any atom is 0.253 e. The van der Waals surface area contributed by atoms with Crippen molar-refractivity contribution in [1.82, 2.24) is 4.57 Å². The number of benzene rings is 4. The summed E-state index contributed by atoms with van der Waals surface area (Å²) in [6.07, 6.45) is 4.37. The average molecular weight is 443 g/mol. The first-order chi connectivity index (χ1) is 13.8. The smallest absolute Gasteiger partial charge is 0.253 e. The third-order valence-corrected chi connectivity index (χ3v) is 5.59. The highest BCUT2D eigenvalue weighted by molar-refractivity contribution is 5.83. The van der Waals surface area contributed by atoms with Crippen LogP contribution in [0.2, 0.25) is 0 Å². The second-order valence-electron chi connectivity index (χ2n) is 7.46. The number of fused-ring (bicyclic) bond motifs is 2. The first kappa shape index (κ1) is 19.4. The normalized spacial score (nSPS) is 10.9. The topological polar surface area (TPSA) is 8.81 Å². The Labute approximate surface area is 181 Å². The van der Waals surface area contributed by atoms with Crippen LogP contribution in [-0.4, -0.2) is 4.57 Å². The van der Waals surface area contributed by atoms with Gasteiger partial charge in [-0.2, -0.15) is 0 Å². The van der Waals surface area contributed by atoms with Crippen LogP contribution in [0.15, 0.2) is 97.3 Å². The van der Waals surface area contributed by atoms with Crippen LogP contribution in [0, 0.1) is 6.92 Å². The molecule has 144 valence electrons. The summed E-state index contributed by atoms with van der Waals surface area (Å²) in [5.41, 5.74) is 2.66. The highest BCUT2D eigenvalue weighted by Crippen LogP contribution is 2.18. The van der Waals surface area contributed by atoms with Gasteiger partial charge in [0.25, 0.3) is 5.82 Å². The third kappa shape index (κ3) is 3.96. The fourth-order valence-corrected chi connectivity index (χ4v) is 3.94. The van der Waals surface area contributed by atoms with Gasteiger partial charge in [-0.1, -0.05) is 72.8 Å². The Kier molecular flexibility index (Phi) is 5.50. The Morgan fingerprint density at radius 3 is 1.90 bits per heavy atom. The summed E-state index contributed by atoms with van der Waals surface area (Å²) in [4.78, 5) is 0. The second kappa shape index (κ2) is 8.22. The summed E-state index contributed by atoms with van der Waals surface area (Å²) in [7, 11) is 0. The molecule has 0 amide bonds. The van der Waals surface area contributed by atoms with Gasteiger partial charge in [0, 0.05) is 6.92 Å². The molecule has 0 aliphatic heterocycles.